The molecule has 1 saturated heterocycles. The molecule has 0 aromatic carbocycles. The van der Waals surface area contributed by atoms with Crippen LogP contribution in [0.25, 0.3) is 0 Å². The largest absolute Gasteiger partial charge is 0.388 e. The lowest BCUT2D eigenvalue weighted by molar-refractivity contribution is -0.135. The van der Waals surface area contributed by atoms with Crippen molar-refractivity contribution in [3.8, 4) is 0 Å². The summed E-state index contributed by atoms with van der Waals surface area (Å²) in [7, 11) is 1.79. The van der Waals surface area contributed by atoms with E-state index >= 15 is 0 Å². The van der Waals surface area contributed by atoms with Crippen LogP contribution in [0.1, 0.15) is 44.9 Å². The van der Waals surface area contributed by atoms with Crippen LogP contribution in [-0.4, -0.2) is 47.8 Å². The van der Waals surface area contributed by atoms with Gasteiger partial charge >= 0.3 is 0 Å². The molecule has 4 nitrogen and oxygen atoms in total. The number of hydrogen-bond donors (Lipinski definition) is 1. The molecular formula is C13H23NO3. The molecular weight excluding hydrogens is 218 g/mol. The molecule has 0 spiro atoms. The van der Waals surface area contributed by atoms with Crippen molar-refractivity contribution in [1.82, 2.24) is 4.90 Å². The van der Waals surface area contributed by atoms with E-state index in [0.717, 1.165) is 45.1 Å². The van der Waals surface area contributed by atoms with Crippen molar-refractivity contribution < 1.29 is 14.6 Å². The SMILES string of the molecule is CN(CC1(O)CCCC1)C(=O)CC1CCCO1. The first-order valence-electron chi connectivity index (χ1n) is 6.67. The predicted molar refractivity (Wildman–Crippen MR) is 64.6 cm³/mol. The Kier molecular flexibility index (Phi) is 4.05. The summed E-state index contributed by atoms with van der Waals surface area (Å²) in [6.45, 7) is 1.25. The Morgan fingerprint density at radius 1 is 1.41 bits per heavy atom. The second-order valence-corrected chi connectivity index (χ2v) is 5.52. The number of rotatable bonds is 4. The van der Waals surface area contributed by atoms with Gasteiger partial charge in [-0.1, -0.05) is 12.8 Å². The maximum Gasteiger partial charge on any atom is 0.225 e. The zero-order valence-electron chi connectivity index (χ0n) is 10.7. The molecule has 98 valence electrons. The number of carbonyl (C=O) groups is 1. The van der Waals surface area contributed by atoms with Crippen LogP contribution in [-0.2, 0) is 9.53 Å². The molecule has 1 saturated carbocycles. The fourth-order valence-corrected chi connectivity index (χ4v) is 2.88. The molecule has 0 aromatic rings. The van der Waals surface area contributed by atoms with Gasteiger partial charge in [-0.2, -0.15) is 0 Å². The van der Waals surface area contributed by atoms with Crippen molar-refractivity contribution in [1.29, 1.82) is 0 Å². The number of hydrogen-bond acceptors (Lipinski definition) is 3. The summed E-state index contributed by atoms with van der Waals surface area (Å²) < 4.78 is 5.46. The third kappa shape index (κ3) is 3.42. The highest BCUT2D eigenvalue weighted by atomic mass is 16.5. The second kappa shape index (κ2) is 5.36. The van der Waals surface area contributed by atoms with Crippen molar-refractivity contribution in [3.05, 3.63) is 0 Å². The lowest BCUT2D eigenvalue weighted by Gasteiger charge is -2.29. The molecule has 1 unspecified atom stereocenters. The fraction of sp³-hybridized carbons (Fsp3) is 0.923. The topological polar surface area (TPSA) is 49.8 Å². The molecule has 4 heteroatoms. The quantitative estimate of drug-likeness (QED) is 0.807. The van der Waals surface area contributed by atoms with Gasteiger partial charge in [-0.25, -0.2) is 0 Å². The Balaban J connectivity index is 1.78. The summed E-state index contributed by atoms with van der Waals surface area (Å²) >= 11 is 0. The molecule has 1 aliphatic heterocycles. The van der Waals surface area contributed by atoms with Gasteiger partial charge in [0.05, 0.1) is 18.1 Å². The third-order valence-electron chi connectivity index (χ3n) is 3.92. The molecule has 17 heavy (non-hydrogen) atoms. The van der Waals surface area contributed by atoms with Gasteiger partial charge in [-0.05, 0) is 25.7 Å². The van der Waals surface area contributed by atoms with Crippen LogP contribution in [0, 0.1) is 0 Å². The van der Waals surface area contributed by atoms with Gasteiger partial charge in [0.1, 0.15) is 0 Å². The Morgan fingerprint density at radius 2 is 2.12 bits per heavy atom. The molecule has 0 aromatic heterocycles. The monoisotopic (exact) mass is 241 g/mol. The van der Waals surface area contributed by atoms with Crippen LogP contribution in [0.2, 0.25) is 0 Å². The standard InChI is InChI=1S/C13H23NO3/c1-14(10-13(16)6-2-3-7-13)12(15)9-11-5-4-8-17-11/h11,16H,2-10H2,1H3. The highest BCUT2D eigenvalue weighted by molar-refractivity contribution is 5.76. The predicted octanol–water partition coefficient (Wildman–Crippen LogP) is 1.32. The minimum absolute atomic E-state index is 0.0947. The first-order valence-corrected chi connectivity index (χ1v) is 6.67. The Bertz CT molecular complexity index is 268. The van der Waals surface area contributed by atoms with E-state index < -0.39 is 5.60 Å². The van der Waals surface area contributed by atoms with Gasteiger partial charge in [0.2, 0.25) is 5.91 Å². The van der Waals surface area contributed by atoms with E-state index in [-0.39, 0.29) is 12.0 Å². The van der Waals surface area contributed by atoms with Crippen LogP contribution in [0.15, 0.2) is 0 Å². The second-order valence-electron chi connectivity index (χ2n) is 5.52. The molecule has 2 fully saturated rings. The first kappa shape index (κ1) is 12.8. The summed E-state index contributed by atoms with van der Waals surface area (Å²) in [6, 6.07) is 0. The maximum absolute atomic E-state index is 12.0. The minimum Gasteiger partial charge on any atom is -0.388 e. The molecule has 0 radical (unpaired) electrons. The van der Waals surface area contributed by atoms with Gasteiger partial charge in [0, 0.05) is 20.2 Å². The van der Waals surface area contributed by atoms with Crippen LogP contribution in [0.3, 0.4) is 0 Å². The lowest BCUT2D eigenvalue weighted by Crippen LogP contribution is -2.42. The number of nitrogens with zero attached hydrogens (tertiary/aromatic N) is 1. The van der Waals surface area contributed by atoms with Crippen molar-refractivity contribution in [2.75, 3.05) is 20.2 Å². The number of ether oxygens (including phenoxy) is 1. The summed E-state index contributed by atoms with van der Waals surface area (Å²) in [4.78, 5) is 13.6. The molecule has 1 heterocycles. The van der Waals surface area contributed by atoms with E-state index in [2.05, 4.69) is 0 Å². The van der Waals surface area contributed by atoms with E-state index in [1.807, 2.05) is 0 Å². The van der Waals surface area contributed by atoms with E-state index in [1.54, 1.807) is 11.9 Å². The first-order chi connectivity index (χ1) is 8.09. The molecule has 2 rings (SSSR count). The molecule has 0 bridgehead atoms. The fourth-order valence-electron chi connectivity index (χ4n) is 2.88. The Labute approximate surface area is 103 Å². The van der Waals surface area contributed by atoms with E-state index in [9.17, 15) is 9.90 Å². The zero-order chi connectivity index (χ0) is 12.3. The van der Waals surface area contributed by atoms with Crippen molar-refractivity contribution in [3.63, 3.8) is 0 Å². The zero-order valence-corrected chi connectivity index (χ0v) is 10.7. The smallest absolute Gasteiger partial charge is 0.225 e. The third-order valence-corrected chi connectivity index (χ3v) is 3.92. The van der Waals surface area contributed by atoms with Gasteiger partial charge in [0.15, 0.2) is 0 Å². The van der Waals surface area contributed by atoms with E-state index in [1.165, 1.54) is 0 Å². The van der Waals surface area contributed by atoms with Crippen molar-refractivity contribution in [2.45, 2.75) is 56.7 Å². The van der Waals surface area contributed by atoms with Crippen LogP contribution in [0.4, 0.5) is 0 Å². The highest BCUT2D eigenvalue weighted by Gasteiger charge is 2.33. The summed E-state index contributed by atoms with van der Waals surface area (Å²) in [5, 5.41) is 10.2. The van der Waals surface area contributed by atoms with E-state index in [4.69, 9.17) is 4.74 Å². The molecule has 1 N–H and O–H groups in total. The van der Waals surface area contributed by atoms with Gasteiger partial charge in [-0.15, -0.1) is 0 Å². The van der Waals surface area contributed by atoms with Gasteiger partial charge < -0.3 is 14.7 Å². The van der Waals surface area contributed by atoms with Crippen LogP contribution >= 0.6 is 0 Å². The number of amides is 1. The minimum atomic E-state index is -0.638. The Hall–Kier alpha value is -0.610. The molecule has 2 aliphatic rings. The lowest BCUT2D eigenvalue weighted by atomic mass is 10.0. The average Bonchev–Trinajstić information content (AvgIpc) is 2.90. The maximum atomic E-state index is 12.0. The number of carbonyl (C=O) groups excluding carboxylic acids is 1. The highest BCUT2D eigenvalue weighted by Crippen LogP contribution is 2.30. The molecule has 1 amide bonds. The van der Waals surface area contributed by atoms with Gasteiger partial charge in [0.25, 0.3) is 0 Å². The normalized spacial score (nSPS) is 27.3. The molecule has 1 aliphatic carbocycles. The van der Waals surface area contributed by atoms with Crippen molar-refractivity contribution >= 4 is 5.91 Å². The summed E-state index contributed by atoms with van der Waals surface area (Å²) in [6.07, 6.45) is 6.41. The van der Waals surface area contributed by atoms with Crippen LogP contribution in [0.5, 0.6) is 0 Å². The van der Waals surface area contributed by atoms with Gasteiger partial charge in [-0.3, -0.25) is 4.79 Å². The summed E-state index contributed by atoms with van der Waals surface area (Å²) in [5.74, 6) is 0.0947. The number of likely N-dealkylation sites (N-methyl/N-ethyl adjacent to an activating group) is 1. The molecule has 1 atom stereocenters. The van der Waals surface area contributed by atoms with Crippen LogP contribution < -0.4 is 0 Å². The van der Waals surface area contributed by atoms with E-state index in [0.29, 0.717) is 13.0 Å². The Morgan fingerprint density at radius 3 is 2.71 bits per heavy atom. The van der Waals surface area contributed by atoms with Crippen molar-refractivity contribution in [2.24, 2.45) is 0 Å². The number of aliphatic hydroxyl groups is 1. The summed E-state index contributed by atoms with van der Waals surface area (Å²) in [5.41, 5.74) is -0.638. The average molecular weight is 241 g/mol.